The summed E-state index contributed by atoms with van der Waals surface area (Å²) in [7, 11) is 0. The summed E-state index contributed by atoms with van der Waals surface area (Å²) >= 11 is 0. The molecule has 1 heterocycles. The molecule has 3 nitrogen and oxygen atoms in total. The fraction of sp³-hybridized carbons (Fsp3) is 0.400. The summed E-state index contributed by atoms with van der Waals surface area (Å²) in [4.78, 5) is 12.9. The van der Waals surface area contributed by atoms with Crippen molar-refractivity contribution < 1.29 is 9.90 Å². The molecular formula is C15H19NO2. The van der Waals surface area contributed by atoms with Crippen LogP contribution in [0.5, 0.6) is 0 Å². The molecule has 1 aromatic rings. The first-order valence-electron chi connectivity index (χ1n) is 6.46. The van der Waals surface area contributed by atoms with Gasteiger partial charge in [0.2, 0.25) is 0 Å². The zero-order chi connectivity index (χ0) is 12.8. The average Bonchev–Trinajstić information content (AvgIpc) is 2.38. The largest absolute Gasteiger partial charge is 0.478 e. The second kappa shape index (κ2) is 6.36. The van der Waals surface area contributed by atoms with E-state index in [1.807, 2.05) is 12.1 Å². The van der Waals surface area contributed by atoms with Gasteiger partial charge in [0.1, 0.15) is 0 Å². The smallest absolute Gasteiger partial charge is 0.328 e. The van der Waals surface area contributed by atoms with E-state index in [4.69, 9.17) is 5.11 Å². The van der Waals surface area contributed by atoms with Gasteiger partial charge in [0.25, 0.3) is 0 Å². The molecule has 18 heavy (non-hydrogen) atoms. The van der Waals surface area contributed by atoms with E-state index in [2.05, 4.69) is 17.0 Å². The summed E-state index contributed by atoms with van der Waals surface area (Å²) in [5.74, 6) is -0.906. The molecule has 1 aliphatic rings. The molecular weight excluding hydrogens is 226 g/mol. The number of aliphatic carboxylic acids is 1. The van der Waals surface area contributed by atoms with Crippen molar-refractivity contribution in [3.8, 4) is 0 Å². The van der Waals surface area contributed by atoms with Crippen LogP contribution in [-0.2, 0) is 11.3 Å². The van der Waals surface area contributed by atoms with Crippen LogP contribution in [0.3, 0.4) is 0 Å². The Kier molecular flexibility index (Phi) is 4.53. The molecule has 96 valence electrons. The highest BCUT2D eigenvalue weighted by Gasteiger charge is 2.10. The second-order valence-corrected chi connectivity index (χ2v) is 4.75. The van der Waals surface area contributed by atoms with E-state index >= 15 is 0 Å². The quantitative estimate of drug-likeness (QED) is 0.829. The SMILES string of the molecule is O=C(O)/C=C/c1cccc(CN2CCCCC2)c1. The number of carboxylic acid groups (broad SMARTS) is 1. The summed E-state index contributed by atoms with van der Waals surface area (Å²) < 4.78 is 0. The van der Waals surface area contributed by atoms with Crippen molar-refractivity contribution in [3.05, 3.63) is 41.5 Å². The van der Waals surface area contributed by atoms with Gasteiger partial charge in [0, 0.05) is 12.6 Å². The van der Waals surface area contributed by atoms with Crippen LogP contribution in [0.15, 0.2) is 30.3 Å². The topological polar surface area (TPSA) is 40.5 Å². The number of hydrogen-bond donors (Lipinski definition) is 1. The maximum Gasteiger partial charge on any atom is 0.328 e. The lowest BCUT2D eigenvalue weighted by molar-refractivity contribution is -0.131. The van der Waals surface area contributed by atoms with Gasteiger partial charge in [-0.25, -0.2) is 4.79 Å². The van der Waals surface area contributed by atoms with Gasteiger partial charge in [-0.15, -0.1) is 0 Å². The minimum absolute atomic E-state index is 0.906. The van der Waals surface area contributed by atoms with Crippen LogP contribution >= 0.6 is 0 Å². The lowest BCUT2D eigenvalue weighted by Crippen LogP contribution is -2.29. The Morgan fingerprint density at radius 2 is 2.06 bits per heavy atom. The Bertz CT molecular complexity index is 434. The number of piperidine rings is 1. The molecule has 0 radical (unpaired) electrons. The van der Waals surface area contributed by atoms with Crippen LogP contribution < -0.4 is 0 Å². The van der Waals surface area contributed by atoms with E-state index in [9.17, 15) is 4.79 Å². The predicted octanol–water partition coefficient (Wildman–Crippen LogP) is 2.77. The van der Waals surface area contributed by atoms with E-state index in [0.29, 0.717) is 0 Å². The molecule has 3 heteroatoms. The molecule has 1 N–H and O–H groups in total. The molecule has 0 spiro atoms. The van der Waals surface area contributed by atoms with Crippen molar-refractivity contribution >= 4 is 12.0 Å². The van der Waals surface area contributed by atoms with Crippen LogP contribution in [0.2, 0.25) is 0 Å². The molecule has 2 rings (SSSR count). The van der Waals surface area contributed by atoms with E-state index in [-0.39, 0.29) is 0 Å². The van der Waals surface area contributed by atoms with Crippen LogP contribution in [0, 0.1) is 0 Å². The van der Waals surface area contributed by atoms with Crippen LogP contribution in [0.4, 0.5) is 0 Å². The minimum atomic E-state index is -0.906. The second-order valence-electron chi connectivity index (χ2n) is 4.75. The Labute approximate surface area is 108 Å². The number of hydrogen-bond acceptors (Lipinski definition) is 2. The lowest BCUT2D eigenvalue weighted by Gasteiger charge is -2.26. The van der Waals surface area contributed by atoms with Crippen LogP contribution in [0.25, 0.3) is 6.08 Å². The van der Waals surface area contributed by atoms with Crippen molar-refractivity contribution in [2.45, 2.75) is 25.8 Å². The number of likely N-dealkylation sites (tertiary alicyclic amines) is 1. The van der Waals surface area contributed by atoms with Crippen LogP contribution in [-0.4, -0.2) is 29.1 Å². The number of nitrogens with zero attached hydrogens (tertiary/aromatic N) is 1. The van der Waals surface area contributed by atoms with E-state index in [0.717, 1.165) is 12.1 Å². The third-order valence-electron chi connectivity index (χ3n) is 3.22. The summed E-state index contributed by atoms with van der Waals surface area (Å²) in [6.07, 6.45) is 6.75. The van der Waals surface area contributed by atoms with Gasteiger partial charge in [-0.2, -0.15) is 0 Å². The normalized spacial score (nSPS) is 17.1. The van der Waals surface area contributed by atoms with E-state index < -0.39 is 5.97 Å². The van der Waals surface area contributed by atoms with Crippen molar-refractivity contribution in [2.75, 3.05) is 13.1 Å². The van der Waals surface area contributed by atoms with Crippen molar-refractivity contribution in [3.63, 3.8) is 0 Å². The number of benzene rings is 1. The highest BCUT2D eigenvalue weighted by molar-refractivity contribution is 5.85. The Morgan fingerprint density at radius 3 is 2.78 bits per heavy atom. The molecule has 0 unspecified atom stereocenters. The number of rotatable bonds is 4. The third kappa shape index (κ3) is 4.00. The molecule has 0 amide bonds. The van der Waals surface area contributed by atoms with Crippen molar-refractivity contribution in [1.82, 2.24) is 4.90 Å². The molecule has 0 aliphatic carbocycles. The monoisotopic (exact) mass is 245 g/mol. The molecule has 1 aromatic carbocycles. The molecule has 0 saturated carbocycles. The molecule has 1 saturated heterocycles. The summed E-state index contributed by atoms with van der Waals surface area (Å²) in [5.41, 5.74) is 2.20. The van der Waals surface area contributed by atoms with E-state index in [1.54, 1.807) is 6.08 Å². The fourth-order valence-corrected chi connectivity index (χ4v) is 2.34. The zero-order valence-electron chi connectivity index (χ0n) is 10.5. The van der Waals surface area contributed by atoms with Crippen LogP contribution in [0.1, 0.15) is 30.4 Å². The maximum atomic E-state index is 10.5. The Morgan fingerprint density at radius 1 is 1.28 bits per heavy atom. The Hall–Kier alpha value is -1.61. The molecule has 0 atom stereocenters. The highest BCUT2D eigenvalue weighted by atomic mass is 16.4. The maximum absolute atomic E-state index is 10.5. The van der Waals surface area contributed by atoms with Gasteiger partial charge in [-0.1, -0.05) is 30.7 Å². The third-order valence-corrected chi connectivity index (χ3v) is 3.22. The van der Waals surface area contributed by atoms with Gasteiger partial charge < -0.3 is 5.11 Å². The summed E-state index contributed by atoms with van der Waals surface area (Å²) in [6.45, 7) is 3.32. The van der Waals surface area contributed by atoms with E-state index in [1.165, 1.54) is 44.0 Å². The minimum Gasteiger partial charge on any atom is -0.478 e. The molecule has 1 fully saturated rings. The highest BCUT2D eigenvalue weighted by Crippen LogP contribution is 2.14. The Balaban J connectivity index is 2.00. The first-order valence-corrected chi connectivity index (χ1v) is 6.46. The first-order chi connectivity index (χ1) is 8.74. The van der Waals surface area contributed by atoms with Gasteiger partial charge in [-0.3, -0.25) is 4.90 Å². The van der Waals surface area contributed by atoms with Gasteiger partial charge in [0.05, 0.1) is 0 Å². The van der Waals surface area contributed by atoms with Gasteiger partial charge in [0.15, 0.2) is 0 Å². The van der Waals surface area contributed by atoms with Gasteiger partial charge >= 0.3 is 5.97 Å². The van der Waals surface area contributed by atoms with Crippen molar-refractivity contribution in [1.29, 1.82) is 0 Å². The standard InChI is InChI=1S/C15H19NO2/c17-15(18)8-7-13-5-4-6-14(11-13)12-16-9-2-1-3-10-16/h4-8,11H,1-3,9-10,12H2,(H,17,18)/b8-7+. The first kappa shape index (κ1) is 12.8. The number of carbonyl (C=O) groups is 1. The molecule has 0 aromatic heterocycles. The predicted molar refractivity (Wildman–Crippen MR) is 72.2 cm³/mol. The van der Waals surface area contributed by atoms with Crippen molar-refractivity contribution in [2.24, 2.45) is 0 Å². The fourth-order valence-electron chi connectivity index (χ4n) is 2.34. The zero-order valence-corrected chi connectivity index (χ0v) is 10.5. The van der Waals surface area contributed by atoms with Gasteiger partial charge in [-0.05, 0) is 43.1 Å². The summed E-state index contributed by atoms with van der Waals surface area (Å²) in [6, 6.07) is 8.08. The average molecular weight is 245 g/mol. The lowest BCUT2D eigenvalue weighted by atomic mass is 10.1. The number of carboxylic acids is 1. The molecule has 1 aliphatic heterocycles. The molecule has 0 bridgehead atoms. The summed E-state index contributed by atoms with van der Waals surface area (Å²) in [5, 5.41) is 8.61.